The molecule has 0 aliphatic heterocycles. The van der Waals surface area contributed by atoms with E-state index in [1.54, 1.807) is 0 Å². The van der Waals surface area contributed by atoms with Crippen LogP contribution in [0.15, 0.2) is 0 Å². The summed E-state index contributed by atoms with van der Waals surface area (Å²) in [5.41, 5.74) is 0. The molecule has 0 heterocycles. The van der Waals surface area contributed by atoms with Gasteiger partial charge in [0.05, 0.1) is 0 Å². The second-order valence-electron chi connectivity index (χ2n) is 20.4. The summed E-state index contributed by atoms with van der Waals surface area (Å²) in [6.07, 6.45) is 48.1. The fourth-order valence-electron chi connectivity index (χ4n) is 8.44. The number of carbonyl (C=O) groups excluding carboxylic acids is 3. The second kappa shape index (κ2) is 47.4. The Morgan fingerprint density at radius 1 is 0.323 bits per heavy atom. The van der Waals surface area contributed by atoms with Gasteiger partial charge in [0, 0.05) is 19.3 Å². The van der Waals surface area contributed by atoms with Crippen LogP contribution in [0.3, 0.4) is 0 Å². The van der Waals surface area contributed by atoms with Crippen LogP contribution in [-0.2, 0) is 28.6 Å². The van der Waals surface area contributed by atoms with Gasteiger partial charge in [0.15, 0.2) is 6.10 Å². The van der Waals surface area contributed by atoms with Crippen molar-refractivity contribution in [2.75, 3.05) is 13.2 Å². The summed E-state index contributed by atoms with van der Waals surface area (Å²) in [5.74, 6) is 1.65. The van der Waals surface area contributed by atoms with E-state index in [-0.39, 0.29) is 31.1 Å². The van der Waals surface area contributed by atoms with Crippen molar-refractivity contribution in [3.05, 3.63) is 0 Å². The molecule has 0 saturated carbocycles. The second-order valence-corrected chi connectivity index (χ2v) is 20.4. The van der Waals surface area contributed by atoms with Crippen LogP contribution in [-0.4, -0.2) is 37.2 Å². The van der Waals surface area contributed by atoms with Crippen molar-refractivity contribution in [3.63, 3.8) is 0 Å². The maximum Gasteiger partial charge on any atom is 0.306 e. The Bertz CT molecular complexity index is 962. The van der Waals surface area contributed by atoms with Gasteiger partial charge in [-0.15, -0.1) is 0 Å². The molecular formula is C56H108O6. The normalized spacial score (nSPS) is 12.6. The largest absolute Gasteiger partial charge is 0.462 e. The molecule has 0 spiro atoms. The fourth-order valence-corrected chi connectivity index (χ4v) is 8.44. The first-order valence-electron chi connectivity index (χ1n) is 27.6. The molecule has 6 nitrogen and oxygen atoms in total. The zero-order valence-electron chi connectivity index (χ0n) is 42.7. The fraction of sp³-hybridized carbons (Fsp3) is 0.946. The van der Waals surface area contributed by atoms with E-state index in [0.29, 0.717) is 19.3 Å². The summed E-state index contributed by atoms with van der Waals surface area (Å²) < 4.78 is 16.8. The highest BCUT2D eigenvalue weighted by atomic mass is 16.6. The van der Waals surface area contributed by atoms with E-state index in [9.17, 15) is 14.4 Å². The molecule has 62 heavy (non-hydrogen) atoms. The first kappa shape index (κ1) is 60.4. The standard InChI is InChI=1S/C56H108O6/c1-7-52(6)44-38-32-28-29-34-40-46-55(58)61-49-53(62-56(59)47-41-35-27-23-19-15-11-9-13-17-21-25-31-37-43-51(4)5)48-60-54(57)45-39-33-26-22-18-14-10-8-12-16-20-24-30-36-42-50(2)3/h50-53H,7-49H2,1-6H3/t52?,53-/m0/s1. The Hall–Kier alpha value is -1.59. The summed E-state index contributed by atoms with van der Waals surface area (Å²) in [7, 11) is 0. The van der Waals surface area contributed by atoms with Crippen LogP contribution in [0, 0.1) is 17.8 Å². The minimum atomic E-state index is -0.763. The average molecular weight is 877 g/mol. The lowest BCUT2D eigenvalue weighted by molar-refractivity contribution is -0.167. The molecule has 0 bridgehead atoms. The molecule has 0 saturated heterocycles. The number of carbonyl (C=O) groups is 3. The summed E-state index contributed by atoms with van der Waals surface area (Å²) in [6, 6.07) is 0. The predicted octanol–water partition coefficient (Wildman–Crippen LogP) is 17.9. The Morgan fingerprint density at radius 2 is 0.565 bits per heavy atom. The van der Waals surface area contributed by atoms with Crippen LogP contribution in [0.25, 0.3) is 0 Å². The lowest BCUT2D eigenvalue weighted by Gasteiger charge is -2.18. The highest BCUT2D eigenvalue weighted by Gasteiger charge is 2.19. The van der Waals surface area contributed by atoms with E-state index >= 15 is 0 Å². The molecule has 6 heteroatoms. The van der Waals surface area contributed by atoms with Crippen molar-refractivity contribution in [1.82, 2.24) is 0 Å². The molecule has 0 aliphatic rings. The lowest BCUT2D eigenvalue weighted by Crippen LogP contribution is -2.30. The van der Waals surface area contributed by atoms with Gasteiger partial charge in [-0.3, -0.25) is 14.4 Å². The van der Waals surface area contributed by atoms with Crippen molar-refractivity contribution in [3.8, 4) is 0 Å². The molecule has 368 valence electrons. The lowest BCUT2D eigenvalue weighted by atomic mass is 10.00. The molecular weight excluding hydrogens is 769 g/mol. The molecule has 0 fully saturated rings. The number of hydrogen-bond donors (Lipinski definition) is 0. The van der Waals surface area contributed by atoms with Crippen molar-refractivity contribution in [1.29, 1.82) is 0 Å². The Morgan fingerprint density at radius 3 is 0.839 bits per heavy atom. The van der Waals surface area contributed by atoms with Crippen LogP contribution in [0.2, 0.25) is 0 Å². The quantitative estimate of drug-likeness (QED) is 0.0344. The highest BCUT2D eigenvalue weighted by molar-refractivity contribution is 5.71. The summed E-state index contributed by atoms with van der Waals surface area (Å²) >= 11 is 0. The van der Waals surface area contributed by atoms with Crippen LogP contribution in [0.1, 0.15) is 305 Å². The molecule has 0 N–H and O–H groups in total. The van der Waals surface area contributed by atoms with Crippen LogP contribution in [0.4, 0.5) is 0 Å². The first-order valence-corrected chi connectivity index (χ1v) is 27.6. The third kappa shape index (κ3) is 47.9. The monoisotopic (exact) mass is 877 g/mol. The Balaban J connectivity index is 4.27. The van der Waals surface area contributed by atoms with Crippen molar-refractivity contribution in [2.24, 2.45) is 17.8 Å². The van der Waals surface area contributed by atoms with E-state index in [1.807, 2.05) is 0 Å². The third-order valence-corrected chi connectivity index (χ3v) is 13.0. The molecule has 0 aromatic carbocycles. The minimum Gasteiger partial charge on any atom is -0.462 e. The summed E-state index contributed by atoms with van der Waals surface area (Å²) in [5, 5.41) is 0. The maximum atomic E-state index is 12.8. The van der Waals surface area contributed by atoms with Crippen molar-refractivity contribution >= 4 is 17.9 Å². The van der Waals surface area contributed by atoms with E-state index < -0.39 is 6.10 Å². The zero-order valence-corrected chi connectivity index (χ0v) is 42.7. The maximum absolute atomic E-state index is 12.8. The van der Waals surface area contributed by atoms with Crippen LogP contribution in [0.5, 0.6) is 0 Å². The number of unbranched alkanes of at least 4 members (excludes halogenated alkanes) is 31. The van der Waals surface area contributed by atoms with Gasteiger partial charge in [0.25, 0.3) is 0 Å². The molecule has 0 amide bonds. The number of hydrogen-bond acceptors (Lipinski definition) is 6. The Kier molecular flexibility index (Phi) is 46.2. The van der Waals surface area contributed by atoms with Gasteiger partial charge in [-0.25, -0.2) is 0 Å². The zero-order chi connectivity index (χ0) is 45.6. The average Bonchev–Trinajstić information content (AvgIpc) is 3.24. The van der Waals surface area contributed by atoms with Gasteiger partial charge in [0.1, 0.15) is 13.2 Å². The van der Waals surface area contributed by atoms with Gasteiger partial charge < -0.3 is 14.2 Å². The topological polar surface area (TPSA) is 78.9 Å². The van der Waals surface area contributed by atoms with Gasteiger partial charge in [0.2, 0.25) is 0 Å². The Labute approximate surface area is 387 Å². The molecule has 0 aromatic rings. The molecule has 1 unspecified atom stereocenters. The molecule has 0 aliphatic carbocycles. The summed E-state index contributed by atoms with van der Waals surface area (Å²) in [6.45, 7) is 13.7. The van der Waals surface area contributed by atoms with Crippen molar-refractivity contribution in [2.45, 2.75) is 311 Å². The SMILES string of the molecule is CCC(C)CCCCCCCCC(=O)OC[C@H](COC(=O)CCCCCCCCCCCCCCCCC(C)C)OC(=O)CCCCCCCCCCCCCCCCC(C)C. The molecule has 0 rings (SSSR count). The van der Waals surface area contributed by atoms with Gasteiger partial charge in [-0.2, -0.15) is 0 Å². The predicted molar refractivity (Wildman–Crippen MR) is 266 cm³/mol. The van der Waals surface area contributed by atoms with E-state index in [2.05, 4.69) is 41.5 Å². The van der Waals surface area contributed by atoms with Crippen molar-refractivity contribution < 1.29 is 28.6 Å². The van der Waals surface area contributed by atoms with E-state index in [4.69, 9.17) is 14.2 Å². The van der Waals surface area contributed by atoms with Crippen LogP contribution >= 0.6 is 0 Å². The smallest absolute Gasteiger partial charge is 0.306 e. The molecule has 2 atom stereocenters. The highest BCUT2D eigenvalue weighted by Crippen LogP contribution is 2.18. The van der Waals surface area contributed by atoms with E-state index in [1.165, 1.54) is 186 Å². The van der Waals surface area contributed by atoms with Gasteiger partial charge in [-0.05, 0) is 37.0 Å². The number of esters is 3. The summed E-state index contributed by atoms with van der Waals surface area (Å²) in [4.78, 5) is 38.0. The number of rotatable bonds is 49. The minimum absolute atomic E-state index is 0.0645. The first-order chi connectivity index (χ1) is 30.1. The van der Waals surface area contributed by atoms with Gasteiger partial charge in [-0.1, -0.05) is 266 Å². The third-order valence-electron chi connectivity index (χ3n) is 13.0. The van der Waals surface area contributed by atoms with Gasteiger partial charge >= 0.3 is 17.9 Å². The molecule has 0 aromatic heterocycles. The van der Waals surface area contributed by atoms with E-state index in [0.717, 1.165) is 75.5 Å². The van der Waals surface area contributed by atoms with Crippen LogP contribution < -0.4 is 0 Å². The molecule has 0 radical (unpaired) electrons. The number of ether oxygens (including phenoxy) is 3.